The number of hydrogen-bond donors (Lipinski definition) is 2. The van der Waals surface area contributed by atoms with Crippen LogP contribution in [0.15, 0.2) is 47.6 Å². The van der Waals surface area contributed by atoms with E-state index < -0.39 is 22.0 Å². The van der Waals surface area contributed by atoms with Crippen LogP contribution in [-0.4, -0.2) is 34.9 Å². The number of aryl methyl sites for hydroxylation is 2. The van der Waals surface area contributed by atoms with Gasteiger partial charge in [-0.1, -0.05) is 43.4 Å². The number of imidazole rings is 1. The number of hydrogen-bond acceptors (Lipinski definition) is 6. The second kappa shape index (κ2) is 8.44. The van der Waals surface area contributed by atoms with Gasteiger partial charge < -0.3 is 9.88 Å². The van der Waals surface area contributed by atoms with E-state index in [4.69, 9.17) is 0 Å². The maximum Gasteiger partial charge on any atom is 0.244 e. The molecule has 0 unspecified atom stereocenters. The number of thiazole rings is 1. The Morgan fingerprint density at radius 3 is 2.48 bits per heavy atom. The van der Waals surface area contributed by atoms with Gasteiger partial charge in [0.05, 0.1) is 15.5 Å². The fraction of sp³-hybridized carbons (Fsp3) is 0.316. The van der Waals surface area contributed by atoms with E-state index in [0.717, 1.165) is 16.4 Å². The van der Waals surface area contributed by atoms with Crippen LogP contribution in [-0.2, 0) is 21.9 Å². The lowest BCUT2D eigenvalue weighted by Gasteiger charge is -2.21. The quantitative estimate of drug-likeness (QED) is 0.596. The second-order valence-corrected chi connectivity index (χ2v) is 9.65. The van der Waals surface area contributed by atoms with Crippen LogP contribution < -0.4 is 10.0 Å². The first-order valence-corrected chi connectivity index (χ1v) is 11.3. The topological polar surface area (TPSA) is 106 Å². The SMILES string of the molecule is Cc1nc(NC(=O)[C@H](NS(=O)(=O)c2ccccc2)C(C)C)sc1-c1nccn1C. The highest BCUT2D eigenvalue weighted by Gasteiger charge is 2.29. The molecule has 2 aromatic heterocycles. The number of nitrogens with zero attached hydrogens (tertiary/aromatic N) is 3. The van der Waals surface area contributed by atoms with E-state index in [1.54, 1.807) is 38.2 Å². The molecule has 0 spiro atoms. The van der Waals surface area contributed by atoms with Crippen molar-refractivity contribution in [2.45, 2.75) is 31.7 Å². The van der Waals surface area contributed by atoms with Crippen molar-refractivity contribution in [2.24, 2.45) is 13.0 Å². The number of nitrogens with one attached hydrogen (secondary N) is 2. The van der Waals surface area contributed by atoms with E-state index in [1.165, 1.54) is 23.5 Å². The standard InChI is InChI=1S/C19H23N5O3S2/c1-12(2)15(23-29(26,27)14-8-6-5-7-9-14)18(25)22-19-21-13(3)16(28-19)17-20-10-11-24(17)4/h5-12,15,23H,1-4H3,(H,21,22,25)/t15-/m1/s1. The number of carbonyl (C=O) groups excluding carboxylic acids is 1. The third-order valence-electron chi connectivity index (χ3n) is 4.34. The molecule has 0 aliphatic rings. The van der Waals surface area contributed by atoms with Crippen molar-refractivity contribution in [3.63, 3.8) is 0 Å². The Labute approximate surface area is 174 Å². The van der Waals surface area contributed by atoms with Crippen molar-refractivity contribution in [1.82, 2.24) is 19.3 Å². The van der Waals surface area contributed by atoms with Crippen LogP contribution in [0.5, 0.6) is 0 Å². The van der Waals surface area contributed by atoms with Crippen LogP contribution in [0, 0.1) is 12.8 Å². The summed E-state index contributed by atoms with van der Waals surface area (Å²) in [7, 11) is -1.95. The maximum absolute atomic E-state index is 12.8. The van der Waals surface area contributed by atoms with Gasteiger partial charge in [0.15, 0.2) is 11.0 Å². The maximum atomic E-state index is 12.8. The highest BCUT2D eigenvalue weighted by Crippen LogP contribution is 2.31. The highest BCUT2D eigenvalue weighted by molar-refractivity contribution is 7.89. The minimum Gasteiger partial charge on any atom is -0.333 e. The Kier molecular flexibility index (Phi) is 6.15. The highest BCUT2D eigenvalue weighted by atomic mass is 32.2. The molecule has 3 rings (SSSR count). The fourth-order valence-corrected chi connectivity index (χ4v) is 5.13. The zero-order valence-corrected chi connectivity index (χ0v) is 18.2. The average molecular weight is 434 g/mol. The zero-order chi connectivity index (χ0) is 21.2. The van der Waals surface area contributed by atoms with E-state index >= 15 is 0 Å². The lowest BCUT2D eigenvalue weighted by Crippen LogP contribution is -2.47. The first-order chi connectivity index (χ1) is 13.7. The fourth-order valence-electron chi connectivity index (χ4n) is 2.75. The third-order valence-corrected chi connectivity index (χ3v) is 6.86. The Morgan fingerprint density at radius 2 is 1.90 bits per heavy atom. The van der Waals surface area contributed by atoms with Gasteiger partial charge in [-0.25, -0.2) is 18.4 Å². The van der Waals surface area contributed by atoms with Gasteiger partial charge in [0.25, 0.3) is 0 Å². The second-order valence-electron chi connectivity index (χ2n) is 6.94. The molecule has 3 aromatic rings. The molecule has 0 saturated heterocycles. The van der Waals surface area contributed by atoms with Gasteiger partial charge >= 0.3 is 0 Å². The summed E-state index contributed by atoms with van der Waals surface area (Å²) in [5.41, 5.74) is 0.741. The summed E-state index contributed by atoms with van der Waals surface area (Å²) in [6, 6.07) is 7.03. The summed E-state index contributed by atoms with van der Waals surface area (Å²) in [5, 5.41) is 3.14. The first-order valence-electron chi connectivity index (χ1n) is 9.02. The molecule has 1 atom stereocenters. The molecule has 0 aliphatic carbocycles. The van der Waals surface area contributed by atoms with Crippen molar-refractivity contribution in [1.29, 1.82) is 0 Å². The molecular formula is C19H23N5O3S2. The number of rotatable bonds is 7. The van der Waals surface area contributed by atoms with E-state index in [1.807, 2.05) is 24.7 Å². The van der Waals surface area contributed by atoms with E-state index in [0.29, 0.717) is 5.13 Å². The van der Waals surface area contributed by atoms with E-state index in [-0.39, 0.29) is 10.8 Å². The van der Waals surface area contributed by atoms with Crippen LogP contribution >= 0.6 is 11.3 Å². The van der Waals surface area contributed by atoms with Gasteiger partial charge in [-0.2, -0.15) is 4.72 Å². The predicted octanol–water partition coefficient (Wildman–Crippen LogP) is 2.79. The summed E-state index contributed by atoms with van der Waals surface area (Å²) in [6.07, 6.45) is 3.53. The molecule has 0 bridgehead atoms. The summed E-state index contributed by atoms with van der Waals surface area (Å²) in [5.74, 6) is 0.0360. The molecule has 1 amide bonds. The number of benzene rings is 1. The number of anilines is 1. The zero-order valence-electron chi connectivity index (χ0n) is 16.6. The third kappa shape index (κ3) is 4.72. The molecule has 0 fully saturated rings. The molecule has 0 saturated carbocycles. The largest absolute Gasteiger partial charge is 0.333 e. The van der Waals surface area contributed by atoms with Gasteiger partial charge in [-0.15, -0.1) is 0 Å². The van der Waals surface area contributed by atoms with Crippen molar-refractivity contribution in [3.05, 3.63) is 48.4 Å². The Bertz CT molecular complexity index is 1100. The minimum atomic E-state index is -3.83. The molecule has 8 nitrogen and oxygen atoms in total. The monoisotopic (exact) mass is 433 g/mol. The summed E-state index contributed by atoms with van der Waals surface area (Å²) >= 11 is 1.30. The van der Waals surface area contributed by atoms with Gasteiger partial charge in [0.1, 0.15) is 6.04 Å². The van der Waals surface area contributed by atoms with Crippen molar-refractivity contribution < 1.29 is 13.2 Å². The lowest BCUT2D eigenvalue weighted by molar-refractivity contribution is -0.118. The lowest BCUT2D eigenvalue weighted by atomic mass is 10.1. The van der Waals surface area contributed by atoms with Crippen LogP contribution in [0.25, 0.3) is 10.7 Å². The number of carbonyl (C=O) groups is 1. The normalized spacial score (nSPS) is 12.9. The molecule has 10 heteroatoms. The van der Waals surface area contributed by atoms with Gasteiger partial charge in [0.2, 0.25) is 15.9 Å². The van der Waals surface area contributed by atoms with Crippen molar-refractivity contribution >= 4 is 32.4 Å². The molecule has 0 aliphatic heterocycles. The van der Waals surface area contributed by atoms with E-state index in [9.17, 15) is 13.2 Å². The Hall–Kier alpha value is -2.56. The van der Waals surface area contributed by atoms with Crippen LogP contribution in [0.2, 0.25) is 0 Å². The van der Waals surface area contributed by atoms with Gasteiger partial charge in [-0.05, 0) is 25.0 Å². The average Bonchev–Trinajstić information content (AvgIpc) is 3.25. The summed E-state index contributed by atoms with van der Waals surface area (Å²) in [6.45, 7) is 5.41. The molecule has 29 heavy (non-hydrogen) atoms. The molecule has 154 valence electrons. The van der Waals surface area contributed by atoms with Crippen LogP contribution in [0.1, 0.15) is 19.5 Å². The van der Waals surface area contributed by atoms with Gasteiger partial charge in [-0.3, -0.25) is 4.79 Å². The summed E-state index contributed by atoms with van der Waals surface area (Å²) in [4.78, 5) is 22.5. The number of amides is 1. The number of sulfonamides is 1. The Balaban J connectivity index is 1.80. The smallest absolute Gasteiger partial charge is 0.244 e. The van der Waals surface area contributed by atoms with Crippen molar-refractivity contribution in [3.8, 4) is 10.7 Å². The molecular weight excluding hydrogens is 410 g/mol. The van der Waals surface area contributed by atoms with Crippen LogP contribution in [0.4, 0.5) is 5.13 Å². The number of aromatic nitrogens is 3. The minimum absolute atomic E-state index is 0.112. The van der Waals surface area contributed by atoms with Crippen LogP contribution in [0.3, 0.4) is 0 Å². The van der Waals surface area contributed by atoms with E-state index in [2.05, 4.69) is 20.0 Å². The molecule has 2 N–H and O–H groups in total. The molecule has 1 aromatic carbocycles. The molecule has 0 radical (unpaired) electrons. The Morgan fingerprint density at radius 1 is 1.21 bits per heavy atom. The predicted molar refractivity (Wildman–Crippen MR) is 113 cm³/mol. The van der Waals surface area contributed by atoms with Gasteiger partial charge in [0, 0.05) is 19.4 Å². The first kappa shape index (κ1) is 21.2. The molecule has 2 heterocycles. The summed E-state index contributed by atoms with van der Waals surface area (Å²) < 4.78 is 29.7. The van der Waals surface area contributed by atoms with Crippen molar-refractivity contribution in [2.75, 3.05) is 5.32 Å².